The fourth-order valence-corrected chi connectivity index (χ4v) is 3.79. The Morgan fingerprint density at radius 2 is 1.74 bits per heavy atom. The molecular formula is C24H26N4O5S. The Labute approximate surface area is 201 Å². The Balaban J connectivity index is 1.19. The van der Waals surface area contributed by atoms with Gasteiger partial charge in [0.2, 0.25) is 18.6 Å². The van der Waals surface area contributed by atoms with E-state index >= 15 is 0 Å². The van der Waals surface area contributed by atoms with Gasteiger partial charge in [-0.05, 0) is 40.8 Å². The molecule has 1 aromatic heterocycles. The topological polar surface area (TPSA) is 116 Å². The van der Waals surface area contributed by atoms with Crippen LogP contribution in [0.1, 0.15) is 48.1 Å². The van der Waals surface area contributed by atoms with E-state index in [0.717, 1.165) is 22.9 Å². The van der Waals surface area contributed by atoms with Crippen LogP contribution in [0.15, 0.2) is 52.1 Å². The zero-order valence-corrected chi connectivity index (χ0v) is 20.0. The molecule has 0 radical (unpaired) electrons. The van der Waals surface area contributed by atoms with Gasteiger partial charge in [0.25, 0.3) is 11.1 Å². The fraction of sp³-hybridized carbons (Fsp3) is 0.333. The minimum Gasteiger partial charge on any atom is -0.454 e. The summed E-state index contributed by atoms with van der Waals surface area (Å²) in [5, 5.41) is 13.7. The van der Waals surface area contributed by atoms with Crippen LogP contribution in [0, 0.1) is 0 Å². The van der Waals surface area contributed by atoms with Crippen LogP contribution in [-0.4, -0.2) is 34.6 Å². The maximum atomic E-state index is 12.4. The van der Waals surface area contributed by atoms with Crippen LogP contribution in [-0.2, 0) is 23.3 Å². The number of hydrogen-bond donors (Lipinski definition) is 2. The highest BCUT2D eigenvalue weighted by Crippen LogP contribution is 2.32. The maximum Gasteiger partial charge on any atom is 0.277 e. The Morgan fingerprint density at radius 1 is 0.971 bits per heavy atom. The van der Waals surface area contributed by atoms with Crippen molar-refractivity contribution in [3.05, 3.63) is 65.0 Å². The molecule has 0 aliphatic carbocycles. The molecule has 0 spiro atoms. The number of nitrogens with one attached hydrogen (secondary N) is 2. The summed E-state index contributed by atoms with van der Waals surface area (Å²) >= 11 is 1.13. The largest absolute Gasteiger partial charge is 0.454 e. The summed E-state index contributed by atoms with van der Waals surface area (Å²) in [5.41, 5.74) is 2.64. The van der Waals surface area contributed by atoms with E-state index in [1.165, 1.54) is 0 Å². The Bertz CT molecular complexity index is 1170. The summed E-state index contributed by atoms with van der Waals surface area (Å²) in [6.07, 6.45) is 0. The van der Waals surface area contributed by atoms with Crippen molar-refractivity contribution in [3.8, 4) is 11.5 Å². The lowest BCUT2D eigenvalue weighted by molar-refractivity contribution is -0.118. The van der Waals surface area contributed by atoms with Gasteiger partial charge in [0, 0.05) is 12.1 Å². The summed E-state index contributed by atoms with van der Waals surface area (Å²) in [6.45, 7) is 7.04. The third-order valence-electron chi connectivity index (χ3n) is 5.11. The monoisotopic (exact) mass is 482 g/mol. The first-order valence-electron chi connectivity index (χ1n) is 10.8. The SMILES string of the molecule is CC(C)(C)c1ccc(C(=O)NCc2nnc(SCC(=O)NCc3ccc4c(c3)OCO4)o2)cc1. The van der Waals surface area contributed by atoms with E-state index in [9.17, 15) is 9.59 Å². The average molecular weight is 483 g/mol. The van der Waals surface area contributed by atoms with Crippen molar-refractivity contribution in [1.29, 1.82) is 0 Å². The minimum atomic E-state index is -0.226. The molecule has 4 rings (SSSR count). The van der Waals surface area contributed by atoms with Gasteiger partial charge in [0.05, 0.1) is 12.3 Å². The van der Waals surface area contributed by atoms with E-state index < -0.39 is 0 Å². The number of carbonyl (C=O) groups excluding carboxylic acids is 2. The molecule has 9 nitrogen and oxygen atoms in total. The summed E-state index contributed by atoms with van der Waals surface area (Å²) in [7, 11) is 0. The molecule has 10 heteroatoms. The van der Waals surface area contributed by atoms with Gasteiger partial charge in [-0.3, -0.25) is 9.59 Å². The van der Waals surface area contributed by atoms with Crippen LogP contribution in [0.4, 0.5) is 0 Å². The number of fused-ring (bicyclic) bond motifs is 1. The Kier molecular flexibility index (Phi) is 7.06. The van der Waals surface area contributed by atoms with Gasteiger partial charge >= 0.3 is 0 Å². The van der Waals surface area contributed by atoms with E-state index in [1.54, 1.807) is 12.1 Å². The first-order chi connectivity index (χ1) is 16.3. The summed E-state index contributed by atoms with van der Waals surface area (Å²) in [4.78, 5) is 24.5. The number of aromatic nitrogens is 2. The number of amides is 2. The zero-order chi connectivity index (χ0) is 24.1. The van der Waals surface area contributed by atoms with Crippen LogP contribution < -0.4 is 20.1 Å². The highest BCUT2D eigenvalue weighted by atomic mass is 32.2. The molecule has 3 aromatic rings. The number of ether oxygens (including phenoxy) is 2. The number of thioether (sulfide) groups is 1. The highest BCUT2D eigenvalue weighted by Gasteiger charge is 2.16. The molecule has 0 unspecified atom stereocenters. The third kappa shape index (κ3) is 6.07. The first-order valence-corrected chi connectivity index (χ1v) is 11.8. The lowest BCUT2D eigenvalue weighted by atomic mass is 9.87. The molecule has 0 fully saturated rings. The number of nitrogens with zero attached hydrogens (tertiary/aromatic N) is 2. The molecular weight excluding hydrogens is 456 g/mol. The van der Waals surface area contributed by atoms with Gasteiger partial charge in [-0.15, -0.1) is 10.2 Å². The molecule has 2 amide bonds. The predicted molar refractivity (Wildman–Crippen MR) is 126 cm³/mol. The summed E-state index contributed by atoms with van der Waals surface area (Å²) in [6, 6.07) is 13.0. The van der Waals surface area contributed by atoms with Crippen molar-refractivity contribution in [1.82, 2.24) is 20.8 Å². The van der Waals surface area contributed by atoms with Crippen molar-refractivity contribution >= 4 is 23.6 Å². The number of rotatable bonds is 8. The Morgan fingerprint density at radius 3 is 2.50 bits per heavy atom. The van der Waals surface area contributed by atoms with Crippen LogP contribution in [0.5, 0.6) is 11.5 Å². The standard InChI is InChI=1S/C24H26N4O5S/c1-24(2,3)17-7-5-16(6-8-17)22(30)26-12-21-27-28-23(33-21)34-13-20(29)25-11-15-4-9-18-19(10-15)32-14-31-18/h4-10H,11-14H2,1-3H3,(H,25,29)(H,26,30). The normalized spacial score (nSPS) is 12.4. The molecule has 0 saturated heterocycles. The van der Waals surface area contributed by atoms with Crippen LogP contribution in [0.25, 0.3) is 0 Å². The summed E-state index contributed by atoms with van der Waals surface area (Å²) in [5.74, 6) is 1.37. The highest BCUT2D eigenvalue weighted by molar-refractivity contribution is 7.99. The average Bonchev–Trinajstić information content (AvgIpc) is 3.48. The molecule has 1 aliphatic rings. The molecule has 2 aromatic carbocycles. The number of benzene rings is 2. The predicted octanol–water partition coefficient (Wildman–Crippen LogP) is 3.43. The Hall–Kier alpha value is -3.53. The van der Waals surface area contributed by atoms with E-state index in [1.807, 2.05) is 30.3 Å². The molecule has 0 bridgehead atoms. The van der Waals surface area contributed by atoms with Gasteiger partial charge in [0.15, 0.2) is 11.5 Å². The van der Waals surface area contributed by atoms with Crippen LogP contribution in [0.2, 0.25) is 0 Å². The van der Waals surface area contributed by atoms with Crippen molar-refractivity contribution in [2.75, 3.05) is 12.5 Å². The molecule has 178 valence electrons. The van der Waals surface area contributed by atoms with Gasteiger partial charge in [-0.2, -0.15) is 0 Å². The van der Waals surface area contributed by atoms with E-state index in [-0.39, 0.29) is 47.4 Å². The minimum absolute atomic E-state index is 0.0235. The van der Waals surface area contributed by atoms with Crippen molar-refractivity contribution in [2.24, 2.45) is 0 Å². The molecule has 0 atom stereocenters. The van der Waals surface area contributed by atoms with Gasteiger partial charge in [-0.1, -0.05) is 50.7 Å². The van der Waals surface area contributed by atoms with Crippen LogP contribution >= 0.6 is 11.8 Å². The summed E-state index contributed by atoms with van der Waals surface area (Å²) < 4.78 is 16.1. The van der Waals surface area contributed by atoms with Gasteiger partial charge < -0.3 is 24.5 Å². The van der Waals surface area contributed by atoms with Crippen molar-refractivity contribution in [2.45, 2.75) is 44.5 Å². The van der Waals surface area contributed by atoms with Gasteiger partial charge in [0.1, 0.15) is 0 Å². The second-order valence-electron chi connectivity index (χ2n) is 8.72. The lowest BCUT2D eigenvalue weighted by Crippen LogP contribution is -2.24. The molecule has 1 aliphatic heterocycles. The molecule has 0 saturated carbocycles. The second kappa shape index (κ2) is 10.2. The van der Waals surface area contributed by atoms with Gasteiger partial charge in [-0.25, -0.2) is 0 Å². The van der Waals surface area contributed by atoms with Crippen molar-refractivity contribution in [3.63, 3.8) is 0 Å². The first kappa shape index (κ1) is 23.6. The quantitative estimate of drug-likeness (QED) is 0.469. The fourth-order valence-electron chi connectivity index (χ4n) is 3.18. The maximum absolute atomic E-state index is 12.4. The second-order valence-corrected chi connectivity index (χ2v) is 9.65. The zero-order valence-electron chi connectivity index (χ0n) is 19.2. The molecule has 2 N–H and O–H groups in total. The van der Waals surface area contributed by atoms with E-state index in [2.05, 4.69) is 41.6 Å². The molecule has 34 heavy (non-hydrogen) atoms. The van der Waals surface area contributed by atoms with Crippen molar-refractivity contribution < 1.29 is 23.5 Å². The van der Waals surface area contributed by atoms with E-state index in [0.29, 0.717) is 23.6 Å². The molecule has 2 heterocycles. The third-order valence-corrected chi connectivity index (χ3v) is 5.93. The number of carbonyl (C=O) groups is 2. The van der Waals surface area contributed by atoms with Crippen LogP contribution in [0.3, 0.4) is 0 Å². The van der Waals surface area contributed by atoms with E-state index in [4.69, 9.17) is 13.9 Å². The smallest absolute Gasteiger partial charge is 0.277 e. The number of hydrogen-bond acceptors (Lipinski definition) is 8. The lowest BCUT2D eigenvalue weighted by Gasteiger charge is -2.18.